The summed E-state index contributed by atoms with van der Waals surface area (Å²) >= 11 is 0. The molecule has 1 N–H and O–H groups in total. The van der Waals surface area contributed by atoms with Crippen LogP contribution in [0.25, 0.3) is 0 Å². The standard InChI is InChI=1S/C14H30O4S/c1-5-7-8-9-10-11-12-13(3)14(4,6-2)18-19(15,16)17/h13H,5-12H2,1-4H3,(H,15,16,17). The average molecular weight is 294 g/mol. The van der Waals surface area contributed by atoms with Crippen molar-refractivity contribution in [2.45, 2.75) is 84.7 Å². The zero-order chi connectivity index (χ0) is 14.9. The van der Waals surface area contributed by atoms with E-state index >= 15 is 0 Å². The lowest BCUT2D eigenvalue weighted by molar-refractivity contribution is 0.0202. The molecular formula is C14H30O4S. The average Bonchev–Trinajstić information content (AvgIpc) is 2.31. The number of hydrogen-bond acceptors (Lipinski definition) is 3. The molecule has 0 bridgehead atoms. The predicted octanol–water partition coefficient (Wildman–Crippen LogP) is 4.36. The third kappa shape index (κ3) is 8.60. The molecule has 0 fully saturated rings. The highest BCUT2D eigenvalue weighted by molar-refractivity contribution is 7.80. The molecule has 0 rings (SSSR count). The lowest BCUT2D eigenvalue weighted by atomic mass is 9.84. The van der Waals surface area contributed by atoms with Crippen molar-refractivity contribution < 1.29 is 17.2 Å². The summed E-state index contributed by atoms with van der Waals surface area (Å²) in [5, 5.41) is 0. The Kier molecular flexibility index (Phi) is 8.86. The normalized spacial score (nSPS) is 17.1. The maximum absolute atomic E-state index is 10.9. The Balaban J connectivity index is 4.11. The Bertz CT molecular complexity index is 326. The molecule has 19 heavy (non-hydrogen) atoms. The second-order valence-corrected chi connectivity index (χ2v) is 6.66. The number of unbranched alkanes of at least 4 members (excludes halogenated alkanes) is 5. The first kappa shape index (κ1) is 18.9. The number of rotatable bonds is 11. The van der Waals surface area contributed by atoms with Gasteiger partial charge in [-0.05, 0) is 25.7 Å². The van der Waals surface area contributed by atoms with E-state index in [0.717, 1.165) is 12.8 Å². The van der Waals surface area contributed by atoms with E-state index in [9.17, 15) is 8.42 Å². The first-order valence-corrected chi connectivity index (χ1v) is 8.79. The van der Waals surface area contributed by atoms with E-state index in [4.69, 9.17) is 8.74 Å². The Hall–Kier alpha value is -0.130. The lowest BCUT2D eigenvalue weighted by Crippen LogP contribution is -2.37. The van der Waals surface area contributed by atoms with Crippen LogP contribution in [-0.4, -0.2) is 18.6 Å². The van der Waals surface area contributed by atoms with E-state index in [1.165, 1.54) is 32.1 Å². The molecule has 0 saturated carbocycles. The van der Waals surface area contributed by atoms with E-state index in [2.05, 4.69) is 6.92 Å². The van der Waals surface area contributed by atoms with Crippen molar-refractivity contribution in [3.63, 3.8) is 0 Å². The zero-order valence-corrected chi connectivity index (χ0v) is 13.6. The van der Waals surface area contributed by atoms with Crippen LogP contribution >= 0.6 is 0 Å². The summed E-state index contributed by atoms with van der Waals surface area (Å²) in [6, 6.07) is 0. The molecule has 5 heteroatoms. The Morgan fingerprint density at radius 3 is 2.11 bits per heavy atom. The van der Waals surface area contributed by atoms with Crippen molar-refractivity contribution >= 4 is 10.4 Å². The first-order chi connectivity index (χ1) is 8.75. The second kappa shape index (κ2) is 8.93. The highest BCUT2D eigenvalue weighted by atomic mass is 32.3. The smallest absolute Gasteiger partial charge is 0.264 e. The fourth-order valence-electron chi connectivity index (χ4n) is 2.27. The maximum atomic E-state index is 10.9. The number of hydrogen-bond donors (Lipinski definition) is 1. The molecule has 0 aliphatic carbocycles. The Morgan fingerprint density at radius 1 is 1.11 bits per heavy atom. The van der Waals surface area contributed by atoms with Gasteiger partial charge >= 0.3 is 10.4 Å². The minimum Gasteiger partial charge on any atom is -0.264 e. The topological polar surface area (TPSA) is 63.6 Å². The fourth-order valence-corrected chi connectivity index (χ4v) is 3.03. The van der Waals surface area contributed by atoms with Crippen LogP contribution in [0.3, 0.4) is 0 Å². The quantitative estimate of drug-likeness (QED) is 0.454. The second-order valence-electron chi connectivity index (χ2n) is 5.63. The van der Waals surface area contributed by atoms with Crippen molar-refractivity contribution in [1.82, 2.24) is 0 Å². The van der Waals surface area contributed by atoms with Gasteiger partial charge < -0.3 is 0 Å². The van der Waals surface area contributed by atoms with Crippen LogP contribution < -0.4 is 0 Å². The van der Waals surface area contributed by atoms with Crippen molar-refractivity contribution in [2.75, 3.05) is 0 Å². The van der Waals surface area contributed by atoms with Gasteiger partial charge in [-0.2, -0.15) is 8.42 Å². The molecule has 0 aliphatic heterocycles. The third-order valence-electron chi connectivity index (χ3n) is 4.03. The van der Waals surface area contributed by atoms with E-state index in [0.29, 0.717) is 6.42 Å². The van der Waals surface area contributed by atoms with Crippen molar-refractivity contribution in [1.29, 1.82) is 0 Å². The molecular weight excluding hydrogens is 264 g/mol. The van der Waals surface area contributed by atoms with Gasteiger partial charge in [0.05, 0.1) is 5.60 Å². The van der Waals surface area contributed by atoms with E-state index in [1.54, 1.807) is 6.92 Å². The first-order valence-electron chi connectivity index (χ1n) is 7.43. The lowest BCUT2D eigenvalue weighted by Gasteiger charge is -2.32. The molecule has 0 amide bonds. The molecule has 0 aromatic heterocycles. The molecule has 116 valence electrons. The van der Waals surface area contributed by atoms with Crippen LogP contribution in [0.15, 0.2) is 0 Å². The van der Waals surface area contributed by atoms with Gasteiger partial charge in [-0.3, -0.25) is 4.55 Å². The summed E-state index contributed by atoms with van der Waals surface area (Å²) in [7, 11) is -4.38. The van der Waals surface area contributed by atoms with Gasteiger partial charge in [0.1, 0.15) is 0 Å². The predicted molar refractivity (Wildman–Crippen MR) is 78.5 cm³/mol. The minimum atomic E-state index is -4.38. The molecule has 0 spiro atoms. The van der Waals surface area contributed by atoms with Crippen LogP contribution in [0.2, 0.25) is 0 Å². The van der Waals surface area contributed by atoms with E-state index in [-0.39, 0.29) is 5.92 Å². The fraction of sp³-hybridized carbons (Fsp3) is 1.00. The summed E-state index contributed by atoms with van der Waals surface area (Å²) in [6.07, 6.45) is 8.78. The Morgan fingerprint density at radius 2 is 1.63 bits per heavy atom. The highest BCUT2D eigenvalue weighted by Gasteiger charge is 2.34. The molecule has 4 nitrogen and oxygen atoms in total. The molecule has 0 aliphatic rings. The summed E-state index contributed by atoms with van der Waals surface area (Å²) < 4.78 is 35.5. The largest absolute Gasteiger partial charge is 0.397 e. The SMILES string of the molecule is CCCCCCCCC(C)C(C)(CC)OS(=O)(=O)O. The summed E-state index contributed by atoms with van der Waals surface area (Å²) in [5.74, 6) is 0.102. The monoisotopic (exact) mass is 294 g/mol. The maximum Gasteiger partial charge on any atom is 0.397 e. The Labute approximate surface area is 118 Å². The van der Waals surface area contributed by atoms with Gasteiger partial charge in [0.25, 0.3) is 0 Å². The molecule has 2 atom stereocenters. The van der Waals surface area contributed by atoms with Gasteiger partial charge in [-0.1, -0.05) is 59.3 Å². The van der Waals surface area contributed by atoms with Gasteiger partial charge in [0, 0.05) is 0 Å². The van der Waals surface area contributed by atoms with Gasteiger partial charge in [-0.25, -0.2) is 4.18 Å². The van der Waals surface area contributed by atoms with Crippen molar-refractivity contribution in [3.05, 3.63) is 0 Å². The van der Waals surface area contributed by atoms with Gasteiger partial charge in [0.15, 0.2) is 0 Å². The summed E-state index contributed by atoms with van der Waals surface area (Å²) in [4.78, 5) is 0. The van der Waals surface area contributed by atoms with Crippen molar-refractivity contribution in [2.24, 2.45) is 5.92 Å². The molecule has 0 saturated heterocycles. The third-order valence-corrected chi connectivity index (χ3v) is 4.62. The van der Waals surface area contributed by atoms with Crippen LogP contribution in [0.5, 0.6) is 0 Å². The molecule has 0 aromatic carbocycles. The summed E-state index contributed by atoms with van der Waals surface area (Å²) in [6.45, 7) is 7.81. The van der Waals surface area contributed by atoms with Crippen LogP contribution in [-0.2, 0) is 14.6 Å². The van der Waals surface area contributed by atoms with Crippen LogP contribution in [0.1, 0.15) is 79.1 Å². The molecule has 0 radical (unpaired) electrons. The highest BCUT2D eigenvalue weighted by Crippen LogP contribution is 2.31. The molecule has 0 heterocycles. The van der Waals surface area contributed by atoms with Crippen molar-refractivity contribution in [3.8, 4) is 0 Å². The van der Waals surface area contributed by atoms with Gasteiger partial charge in [0.2, 0.25) is 0 Å². The van der Waals surface area contributed by atoms with E-state index in [1.807, 2.05) is 13.8 Å². The summed E-state index contributed by atoms with van der Waals surface area (Å²) in [5.41, 5.74) is -0.809. The van der Waals surface area contributed by atoms with Crippen LogP contribution in [0, 0.1) is 5.92 Å². The minimum absolute atomic E-state index is 0.102. The molecule has 0 aromatic rings. The molecule has 2 unspecified atom stereocenters. The van der Waals surface area contributed by atoms with Crippen LogP contribution in [0.4, 0.5) is 0 Å². The zero-order valence-electron chi connectivity index (χ0n) is 12.8. The van der Waals surface area contributed by atoms with E-state index < -0.39 is 16.0 Å². The van der Waals surface area contributed by atoms with Gasteiger partial charge in [-0.15, -0.1) is 0 Å².